The number of hydrogen-bond donors (Lipinski definition) is 2. The average molecular weight is 346 g/mol. The lowest BCUT2D eigenvalue weighted by Gasteiger charge is -2.34. The third-order valence-electron chi connectivity index (χ3n) is 4.93. The molecule has 3 N–H and O–H groups in total. The second kappa shape index (κ2) is 8.85. The van der Waals surface area contributed by atoms with Gasteiger partial charge in [0.05, 0.1) is 0 Å². The Hall–Kier alpha value is -2.08. The van der Waals surface area contributed by atoms with Crippen molar-refractivity contribution in [2.45, 2.75) is 38.6 Å². The van der Waals surface area contributed by atoms with Gasteiger partial charge in [0.1, 0.15) is 0 Å². The monoisotopic (exact) mass is 346 g/mol. The van der Waals surface area contributed by atoms with E-state index in [0.29, 0.717) is 18.5 Å². The lowest BCUT2D eigenvalue weighted by atomic mass is 9.88. The van der Waals surface area contributed by atoms with Crippen molar-refractivity contribution >= 4 is 17.5 Å². The van der Waals surface area contributed by atoms with Crippen LogP contribution < -0.4 is 11.1 Å². The first kappa shape index (κ1) is 19.2. The number of nitrogens with zero attached hydrogens (tertiary/aromatic N) is 2. The topological polar surface area (TPSA) is 78.7 Å². The van der Waals surface area contributed by atoms with E-state index in [1.165, 1.54) is 0 Å². The van der Waals surface area contributed by atoms with E-state index in [-0.39, 0.29) is 23.8 Å². The van der Waals surface area contributed by atoms with Crippen LogP contribution in [0.4, 0.5) is 5.69 Å². The minimum absolute atomic E-state index is 0.00000806. The van der Waals surface area contributed by atoms with Gasteiger partial charge in [-0.1, -0.05) is 19.1 Å². The van der Waals surface area contributed by atoms with Gasteiger partial charge in [-0.3, -0.25) is 9.59 Å². The lowest BCUT2D eigenvalue weighted by molar-refractivity contribution is -0.133. The summed E-state index contributed by atoms with van der Waals surface area (Å²) in [5, 5.41) is 3.01. The molecule has 25 heavy (non-hydrogen) atoms. The number of nitrogens with one attached hydrogen (secondary N) is 1. The number of carbonyl (C=O) groups excluding carboxylic acids is 2. The number of likely N-dealkylation sites (N-methyl/N-ethyl adjacent to an activating group) is 1. The molecule has 0 unspecified atom stereocenters. The van der Waals surface area contributed by atoms with E-state index < -0.39 is 0 Å². The molecule has 0 spiro atoms. The van der Waals surface area contributed by atoms with Crippen molar-refractivity contribution in [3.63, 3.8) is 0 Å². The van der Waals surface area contributed by atoms with Gasteiger partial charge >= 0.3 is 0 Å². The van der Waals surface area contributed by atoms with Crippen molar-refractivity contribution in [1.82, 2.24) is 15.1 Å². The van der Waals surface area contributed by atoms with Crippen LogP contribution in [0.2, 0.25) is 0 Å². The molecule has 1 aliphatic heterocycles. The molecule has 2 rings (SSSR count). The smallest absolute Gasteiger partial charge is 0.223 e. The summed E-state index contributed by atoms with van der Waals surface area (Å²) in [7, 11) is 2.07. The van der Waals surface area contributed by atoms with Crippen LogP contribution in [0, 0.1) is 0 Å². The summed E-state index contributed by atoms with van der Waals surface area (Å²) >= 11 is 0. The molecule has 1 saturated heterocycles. The number of carbonyl (C=O) groups is 2. The second-order valence-corrected chi connectivity index (χ2v) is 6.87. The van der Waals surface area contributed by atoms with Crippen LogP contribution in [0.3, 0.4) is 0 Å². The molecule has 1 aromatic rings. The van der Waals surface area contributed by atoms with Gasteiger partial charge in [0.15, 0.2) is 0 Å². The van der Waals surface area contributed by atoms with Crippen molar-refractivity contribution in [3.8, 4) is 0 Å². The summed E-state index contributed by atoms with van der Waals surface area (Å²) in [5.41, 5.74) is 7.51. The van der Waals surface area contributed by atoms with E-state index in [0.717, 1.165) is 31.7 Å². The SMILES string of the molecule is CCC(=O)N[C@H](C)[C@@H](CC(=O)N1CCN(C)CC1)c1ccc(N)cc1. The Morgan fingerprint density at radius 1 is 1.16 bits per heavy atom. The molecule has 0 saturated carbocycles. The van der Waals surface area contributed by atoms with Crippen LogP contribution in [-0.4, -0.2) is 60.9 Å². The largest absolute Gasteiger partial charge is 0.399 e. The molecule has 1 aromatic carbocycles. The molecule has 2 amide bonds. The van der Waals surface area contributed by atoms with E-state index in [9.17, 15) is 9.59 Å². The van der Waals surface area contributed by atoms with Crippen molar-refractivity contribution in [2.75, 3.05) is 39.0 Å². The number of rotatable bonds is 6. The summed E-state index contributed by atoms with van der Waals surface area (Å²) in [4.78, 5) is 28.7. The summed E-state index contributed by atoms with van der Waals surface area (Å²) < 4.78 is 0. The van der Waals surface area contributed by atoms with Crippen LogP contribution in [0.15, 0.2) is 24.3 Å². The summed E-state index contributed by atoms with van der Waals surface area (Å²) in [6.07, 6.45) is 0.823. The van der Waals surface area contributed by atoms with Crippen LogP contribution in [0.1, 0.15) is 38.2 Å². The molecule has 2 atom stereocenters. The standard InChI is InChI=1S/C19H30N4O2/c1-4-18(24)21-14(2)17(15-5-7-16(20)8-6-15)13-19(25)23-11-9-22(3)10-12-23/h5-8,14,17H,4,9-13,20H2,1-3H3,(H,21,24)/t14-,17-/m1/s1. The van der Waals surface area contributed by atoms with Gasteiger partial charge in [-0.2, -0.15) is 0 Å². The summed E-state index contributed by atoms with van der Waals surface area (Å²) in [6, 6.07) is 7.47. The molecule has 6 heteroatoms. The van der Waals surface area contributed by atoms with Gasteiger partial charge < -0.3 is 20.9 Å². The molecule has 0 aromatic heterocycles. The second-order valence-electron chi connectivity index (χ2n) is 6.87. The molecule has 6 nitrogen and oxygen atoms in total. The molecular weight excluding hydrogens is 316 g/mol. The Bertz CT molecular complexity index is 580. The zero-order valence-corrected chi connectivity index (χ0v) is 15.5. The molecule has 1 aliphatic rings. The summed E-state index contributed by atoms with van der Waals surface area (Å²) in [6.45, 7) is 7.13. The molecule has 1 fully saturated rings. The van der Waals surface area contributed by atoms with Gasteiger partial charge in [0.25, 0.3) is 0 Å². The van der Waals surface area contributed by atoms with Crippen LogP contribution in [-0.2, 0) is 9.59 Å². The number of benzene rings is 1. The first-order valence-electron chi connectivity index (χ1n) is 9.01. The third-order valence-corrected chi connectivity index (χ3v) is 4.93. The molecular formula is C19H30N4O2. The highest BCUT2D eigenvalue weighted by atomic mass is 16.2. The minimum atomic E-state index is -0.118. The number of hydrogen-bond acceptors (Lipinski definition) is 4. The van der Waals surface area contributed by atoms with Crippen molar-refractivity contribution < 1.29 is 9.59 Å². The van der Waals surface area contributed by atoms with Gasteiger partial charge in [-0.25, -0.2) is 0 Å². The highest BCUT2D eigenvalue weighted by molar-refractivity contribution is 5.78. The predicted molar refractivity (Wildman–Crippen MR) is 100 cm³/mol. The zero-order chi connectivity index (χ0) is 18.4. The fraction of sp³-hybridized carbons (Fsp3) is 0.579. The molecule has 0 radical (unpaired) electrons. The average Bonchev–Trinajstić information content (AvgIpc) is 2.60. The van der Waals surface area contributed by atoms with E-state index >= 15 is 0 Å². The zero-order valence-electron chi connectivity index (χ0n) is 15.5. The Balaban J connectivity index is 2.11. The number of nitrogen functional groups attached to an aromatic ring is 1. The predicted octanol–water partition coefficient (Wildman–Crippen LogP) is 1.43. The number of piperazine rings is 1. The van der Waals surface area contributed by atoms with E-state index in [1.807, 2.05) is 43.0 Å². The van der Waals surface area contributed by atoms with Crippen LogP contribution in [0.25, 0.3) is 0 Å². The third kappa shape index (κ3) is 5.46. The molecule has 0 aliphatic carbocycles. The highest BCUT2D eigenvalue weighted by Gasteiger charge is 2.27. The summed E-state index contributed by atoms with van der Waals surface area (Å²) in [5.74, 6) is 0.0794. The first-order chi connectivity index (χ1) is 11.9. The Morgan fingerprint density at radius 2 is 1.76 bits per heavy atom. The van der Waals surface area contributed by atoms with Gasteiger partial charge in [0, 0.05) is 56.7 Å². The van der Waals surface area contributed by atoms with E-state index in [4.69, 9.17) is 5.73 Å². The highest BCUT2D eigenvalue weighted by Crippen LogP contribution is 2.26. The Kier molecular flexibility index (Phi) is 6.82. The quantitative estimate of drug-likeness (QED) is 0.764. The van der Waals surface area contributed by atoms with Crippen molar-refractivity contribution in [2.24, 2.45) is 0 Å². The maximum absolute atomic E-state index is 12.8. The maximum Gasteiger partial charge on any atom is 0.223 e. The number of nitrogens with two attached hydrogens (primary N) is 1. The van der Waals surface area contributed by atoms with Gasteiger partial charge in [-0.05, 0) is 31.7 Å². The van der Waals surface area contributed by atoms with Crippen molar-refractivity contribution in [1.29, 1.82) is 0 Å². The molecule has 1 heterocycles. The Labute approximate surface area is 150 Å². The van der Waals surface area contributed by atoms with Crippen LogP contribution >= 0.6 is 0 Å². The fourth-order valence-electron chi connectivity index (χ4n) is 3.16. The lowest BCUT2D eigenvalue weighted by Crippen LogP contribution is -2.48. The number of amides is 2. The van der Waals surface area contributed by atoms with Crippen LogP contribution in [0.5, 0.6) is 0 Å². The molecule has 138 valence electrons. The Morgan fingerprint density at radius 3 is 2.32 bits per heavy atom. The van der Waals surface area contributed by atoms with E-state index in [2.05, 4.69) is 17.3 Å². The van der Waals surface area contributed by atoms with Gasteiger partial charge in [0.2, 0.25) is 11.8 Å². The number of anilines is 1. The normalized spacial score (nSPS) is 17.8. The molecule has 0 bridgehead atoms. The minimum Gasteiger partial charge on any atom is -0.399 e. The van der Waals surface area contributed by atoms with Gasteiger partial charge in [-0.15, -0.1) is 0 Å². The van der Waals surface area contributed by atoms with E-state index in [1.54, 1.807) is 0 Å². The first-order valence-corrected chi connectivity index (χ1v) is 9.01. The fourth-order valence-corrected chi connectivity index (χ4v) is 3.16. The maximum atomic E-state index is 12.8. The van der Waals surface area contributed by atoms with Crippen molar-refractivity contribution in [3.05, 3.63) is 29.8 Å².